The molecule has 10 nitrogen and oxygen atoms in total. The standard InChI is InChI=1S/C26H20B3Cl2N7O3/c1-3-20(25(40)32-16-5-6-19-14(8-16)11-38(34-19)26(27,28)29)36-12-22(41-2)18(10-24(36)39)17-9-15(30)4-7-21(17)37-13-23(31)33-35-37/h4-13,20H,3H2,1-2H3,(H,32,40). The normalized spacial score (nSPS) is 12.4. The largest absolute Gasteiger partial charge is 0.495 e. The zero-order chi connectivity index (χ0) is 29.5. The van der Waals surface area contributed by atoms with Gasteiger partial charge in [0.05, 0.1) is 54.2 Å². The van der Waals surface area contributed by atoms with Crippen molar-refractivity contribution in [1.29, 1.82) is 0 Å². The molecule has 200 valence electrons. The number of nitrogens with one attached hydrogen (secondary N) is 1. The molecular formula is C26H20B3Cl2N7O3. The van der Waals surface area contributed by atoms with Crippen LogP contribution < -0.4 is 15.6 Å². The molecule has 3 heterocycles. The lowest BCUT2D eigenvalue weighted by Crippen LogP contribution is -2.35. The molecule has 41 heavy (non-hydrogen) atoms. The fourth-order valence-corrected chi connectivity index (χ4v) is 4.76. The molecule has 5 aromatic rings. The first kappa shape index (κ1) is 28.6. The minimum absolute atomic E-state index is 0.198. The van der Waals surface area contributed by atoms with E-state index in [1.807, 2.05) is 0 Å². The van der Waals surface area contributed by atoms with Crippen LogP contribution in [0.4, 0.5) is 5.69 Å². The van der Waals surface area contributed by atoms with Gasteiger partial charge >= 0.3 is 0 Å². The van der Waals surface area contributed by atoms with Crippen LogP contribution in [0.25, 0.3) is 27.7 Å². The Balaban J connectivity index is 1.49. The summed E-state index contributed by atoms with van der Waals surface area (Å²) in [7, 11) is 18.6. The highest BCUT2D eigenvalue weighted by atomic mass is 35.5. The fraction of sp³-hybridized carbons (Fsp3) is 0.192. The van der Waals surface area contributed by atoms with Crippen molar-refractivity contribution in [3.63, 3.8) is 0 Å². The third-order valence-corrected chi connectivity index (χ3v) is 6.83. The molecule has 0 spiro atoms. The van der Waals surface area contributed by atoms with Gasteiger partial charge in [0, 0.05) is 39.5 Å². The van der Waals surface area contributed by atoms with E-state index in [-0.39, 0.29) is 5.15 Å². The van der Waals surface area contributed by atoms with Gasteiger partial charge in [-0.15, -0.1) is 5.10 Å². The highest BCUT2D eigenvalue weighted by molar-refractivity contribution is 6.56. The Morgan fingerprint density at radius 1 is 1.07 bits per heavy atom. The topological polar surface area (TPSA) is 109 Å². The zero-order valence-corrected chi connectivity index (χ0v) is 23.5. The Labute approximate surface area is 248 Å². The van der Waals surface area contributed by atoms with Gasteiger partial charge in [0.15, 0.2) is 5.15 Å². The predicted molar refractivity (Wildman–Crippen MR) is 161 cm³/mol. The number of rotatable bonds is 8. The SMILES string of the molecule is [B]C([B])([B])n1cc2cc(NC(=O)C(CC)n3cc(OC)c(-c4cc(Cl)ccc4-n4cc(Cl)nn4)cc3=O)ccc2n1. The van der Waals surface area contributed by atoms with Gasteiger partial charge in [-0.2, -0.15) is 5.10 Å². The van der Waals surface area contributed by atoms with Crippen LogP contribution in [0.1, 0.15) is 19.4 Å². The third kappa shape index (κ3) is 5.78. The molecule has 0 aliphatic heterocycles. The van der Waals surface area contributed by atoms with Crippen molar-refractivity contribution >= 4 is 69.2 Å². The van der Waals surface area contributed by atoms with Crippen LogP contribution in [0.15, 0.2) is 65.8 Å². The summed E-state index contributed by atoms with van der Waals surface area (Å²) < 4.78 is 9.69. The molecule has 1 atom stereocenters. The van der Waals surface area contributed by atoms with E-state index in [0.29, 0.717) is 50.6 Å². The van der Waals surface area contributed by atoms with E-state index in [1.54, 1.807) is 49.5 Å². The lowest BCUT2D eigenvalue weighted by Gasteiger charge is -2.20. The van der Waals surface area contributed by atoms with E-state index in [0.717, 1.165) is 0 Å². The van der Waals surface area contributed by atoms with Crippen LogP contribution in [0, 0.1) is 0 Å². The molecule has 6 radical (unpaired) electrons. The molecule has 1 N–H and O–H groups in total. The molecule has 5 rings (SSSR count). The van der Waals surface area contributed by atoms with E-state index in [9.17, 15) is 9.59 Å². The molecule has 0 aliphatic rings. The van der Waals surface area contributed by atoms with Crippen molar-refractivity contribution in [3.05, 3.63) is 81.6 Å². The molecule has 0 aliphatic carbocycles. The average molecular weight is 582 g/mol. The number of amides is 1. The highest BCUT2D eigenvalue weighted by Gasteiger charge is 2.24. The van der Waals surface area contributed by atoms with Gasteiger partial charge in [0.25, 0.3) is 5.56 Å². The predicted octanol–water partition coefficient (Wildman–Crippen LogP) is 3.42. The van der Waals surface area contributed by atoms with Gasteiger partial charge in [-0.05, 0) is 48.1 Å². The van der Waals surface area contributed by atoms with Crippen molar-refractivity contribution in [3.8, 4) is 22.6 Å². The Morgan fingerprint density at radius 3 is 2.51 bits per heavy atom. The Morgan fingerprint density at radius 2 is 1.85 bits per heavy atom. The molecule has 1 unspecified atom stereocenters. The van der Waals surface area contributed by atoms with Gasteiger partial charge in [0.2, 0.25) is 5.91 Å². The maximum atomic E-state index is 13.4. The number of benzene rings is 2. The van der Waals surface area contributed by atoms with Crippen LogP contribution in [0.3, 0.4) is 0 Å². The smallest absolute Gasteiger partial charge is 0.252 e. The van der Waals surface area contributed by atoms with E-state index in [1.165, 1.54) is 39.5 Å². The molecule has 0 fully saturated rings. The number of methoxy groups -OCH3 is 1. The number of anilines is 1. The number of halogens is 2. The maximum Gasteiger partial charge on any atom is 0.252 e. The molecule has 3 aromatic heterocycles. The summed E-state index contributed by atoms with van der Waals surface area (Å²) in [5.41, 5.74) is 2.24. The molecular weight excluding hydrogens is 562 g/mol. The number of carbonyl (C=O) groups excluding carboxylic acids is 1. The average Bonchev–Trinajstić information content (AvgIpc) is 3.55. The Hall–Kier alpha value is -3.96. The first-order valence-corrected chi connectivity index (χ1v) is 13.1. The second-order valence-electron chi connectivity index (χ2n) is 9.30. The van der Waals surface area contributed by atoms with Crippen molar-refractivity contribution in [2.45, 2.75) is 24.6 Å². The summed E-state index contributed by atoms with van der Waals surface area (Å²) in [4.78, 5) is 26.8. The van der Waals surface area contributed by atoms with Crippen molar-refractivity contribution in [1.82, 2.24) is 29.3 Å². The van der Waals surface area contributed by atoms with Crippen LogP contribution in [0.2, 0.25) is 10.2 Å². The van der Waals surface area contributed by atoms with Gasteiger partial charge in [-0.25, -0.2) is 4.68 Å². The molecule has 2 aromatic carbocycles. The maximum absolute atomic E-state index is 13.4. The monoisotopic (exact) mass is 581 g/mol. The highest BCUT2D eigenvalue weighted by Crippen LogP contribution is 2.35. The van der Waals surface area contributed by atoms with Crippen molar-refractivity contribution in [2.75, 3.05) is 12.4 Å². The summed E-state index contributed by atoms with van der Waals surface area (Å²) in [6.07, 6.45) is 4.93. The molecule has 0 saturated carbocycles. The van der Waals surface area contributed by atoms with Gasteiger partial charge < -0.3 is 10.1 Å². The van der Waals surface area contributed by atoms with E-state index < -0.39 is 22.7 Å². The van der Waals surface area contributed by atoms with E-state index in [2.05, 4.69) is 20.7 Å². The zero-order valence-electron chi connectivity index (χ0n) is 22.0. The van der Waals surface area contributed by atoms with E-state index in [4.69, 9.17) is 51.5 Å². The Bertz CT molecular complexity index is 1830. The minimum atomic E-state index is -1.67. The number of hydrogen-bond donors (Lipinski definition) is 1. The quantitative estimate of drug-likeness (QED) is 0.281. The lowest BCUT2D eigenvalue weighted by atomic mass is 9.49. The number of pyridine rings is 1. The number of nitrogens with zero attached hydrogens (tertiary/aromatic N) is 6. The first-order valence-electron chi connectivity index (χ1n) is 12.3. The van der Waals surface area contributed by atoms with Crippen LogP contribution in [-0.2, 0) is 10.0 Å². The third-order valence-electron chi connectivity index (χ3n) is 6.42. The second kappa shape index (κ2) is 11.1. The van der Waals surface area contributed by atoms with Crippen LogP contribution in [0.5, 0.6) is 5.75 Å². The number of fused-ring (bicyclic) bond motifs is 1. The summed E-state index contributed by atoms with van der Waals surface area (Å²) in [6, 6.07) is 10.7. The lowest BCUT2D eigenvalue weighted by molar-refractivity contribution is -0.119. The van der Waals surface area contributed by atoms with Crippen LogP contribution >= 0.6 is 23.2 Å². The fourth-order valence-electron chi connectivity index (χ4n) is 4.47. The molecule has 15 heteroatoms. The summed E-state index contributed by atoms with van der Waals surface area (Å²) in [5, 5.41) is 14.6. The van der Waals surface area contributed by atoms with Crippen molar-refractivity contribution < 1.29 is 9.53 Å². The van der Waals surface area contributed by atoms with Gasteiger partial charge in [-0.3, -0.25) is 18.8 Å². The van der Waals surface area contributed by atoms with Gasteiger partial charge in [0.1, 0.15) is 11.8 Å². The van der Waals surface area contributed by atoms with Crippen LogP contribution in [-0.4, -0.2) is 65.9 Å². The number of hydrogen-bond acceptors (Lipinski definition) is 6. The van der Waals surface area contributed by atoms with E-state index >= 15 is 0 Å². The second-order valence-corrected chi connectivity index (χ2v) is 10.1. The minimum Gasteiger partial charge on any atom is -0.495 e. The number of carbonyl (C=O) groups is 1. The molecule has 0 bridgehead atoms. The van der Waals surface area contributed by atoms with Crippen molar-refractivity contribution in [2.24, 2.45) is 0 Å². The molecule has 1 amide bonds. The summed E-state index contributed by atoms with van der Waals surface area (Å²) in [6.45, 7) is 1.80. The van der Waals surface area contributed by atoms with Gasteiger partial charge in [-0.1, -0.05) is 35.3 Å². The number of aromatic nitrogens is 6. The summed E-state index contributed by atoms with van der Waals surface area (Å²) >= 11 is 12.3. The Kier molecular flexibility index (Phi) is 7.76. The summed E-state index contributed by atoms with van der Waals surface area (Å²) in [5.74, 6) is -0.0593. The number of ether oxygens (including phenoxy) is 1. The first-order chi connectivity index (χ1) is 19.5. The molecule has 0 saturated heterocycles.